The van der Waals surface area contributed by atoms with Crippen LogP contribution in [0.1, 0.15) is 47.3 Å². The van der Waals surface area contributed by atoms with E-state index in [4.69, 9.17) is 4.74 Å². The number of carbonyl (C=O) groups is 2. The Bertz CT molecular complexity index is 878. The zero-order chi connectivity index (χ0) is 18.4. The first-order valence-electron chi connectivity index (χ1n) is 8.39. The van der Waals surface area contributed by atoms with Crippen molar-refractivity contribution in [1.82, 2.24) is 0 Å². The zero-order valence-electron chi connectivity index (χ0n) is 15.0. The Morgan fingerprint density at radius 3 is 2.44 bits per heavy atom. The lowest BCUT2D eigenvalue weighted by Gasteiger charge is -2.24. The first kappa shape index (κ1) is 17.2. The number of aryl methyl sites for hydroxylation is 3. The largest absolute Gasteiger partial charge is 0.478 e. The van der Waals surface area contributed by atoms with Gasteiger partial charge < -0.3 is 9.84 Å². The summed E-state index contributed by atoms with van der Waals surface area (Å²) >= 11 is 0. The highest BCUT2D eigenvalue weighted by Gasteiger charge is 2.32. The molecule has 1 aliphatic carbocycles. The van der Waals surface area contributed by atoms with Crippen molar-refractivity contribution in [3.63, 3.8) is 0 Å². The van der Waals surface area contributed by atoms with Gasteiger partial charge in [-0.05, 0) is 62.9 Å². The van der Waals surface area contributed by atoms with E-state index in [1.165, 1.54) is 13.8 Å². The number of aliphatic carboxylic acids is 1. The van der Waals surface area contributed by atoms with Crippen LogP contribution < -0.4 is 4.74 Å². The third kappa shape index (κ3) is 3.16. The molecule has 4 nitrogen and oxygen atoms in total. The number of carboxylic acids is 1. The minimum absolute atomic E-state index is 0.0838. The Morgan fingerprint density at radius 2 is 1.76 bits per heavy atom. The maximum atomic E-state index is 12.1. The molecule has 130 valence electrons. The fourth-order valence-corrected chi connectivity index (χ4v) is 3.11. The predicted octanol–water partition coefficient (Wildman–Crippen LogP) is 4.34. The summed E-state index contributed by atoms with van der Waals surface area (Å²) in [6.07, 6.45) is 1.21. The third-order valence-electron chi connectivity index (χ3n) is 4.69. The molecule has 0 unspecified atom stereocenters. The molecule has 0 radical (unpaired) electrons. The van der Waals surface area contributed by atoms with Gasteiger partial charge in [0.1, 0.15) is 5.75 Å². The second kappa shape index (κ2) is 6.03. The molecule has 0 spiro atoms. The second-order valence-corrected chi connectivity index (χ2v) is 7.16. The number of ether oxygens (including phenoxy) is 1. The van der Waals surface area contributed by atoms with E-state index in [2.05, 4.69) is 6.07 Å². The Hall–Kier alpha value is -2.62. The van der Waals surface area contributed by atoms with Gasteiger partial charge in [0.15, 0.2) is 11.4 Å². The summed E-state index contributed by atoms with van der Waals surface area (Å²) in [6, 6.07) is 9.84. The first-order chi connectivity index (χ1) is 11.7. The minimum atomic E-state index is -1.39. The maximum Gasteiger partial charge on any atom is 0.347 e. The topological polar surface area (TPSA) is 63.6 Å². The van der Waals surface area contributed by atoms with E-state index in [0.717, 1.165) is 27.8 Å². The summed E-state index contributed by atoms with van der Waals surface area (Å²) in [4.78, 5) is 23.6. The van der Waals surface area contributed by atoms with Crippen molar-refractivity contribution in [1.29, 1.82) is 0 Å². The van der Waals surface area contributed by atoms with Crippen LogP contribution in [0.15, 0.2) is 30.3 Å². The highest BCUT2D eigenvalue weighted by molar-refractivity contribution is 6.02. The molecule has 0 atom stereocenters. The fourth-order valence-electron chi connectivity index (χ4n) is 3.11. The van der Waals surface area contributed by atoms with Gasteiger partial charge in [-0.1, -0.05) is 23.8 Å². The lowest BCUT2D eigenvalue weighted by atomic mass is 9.94. The maximum absolute atomic E-state index is 12.1. The Balaban J connectivity index is 2.21. The van der Waals surface area contributed by atoms with E-state index in [9.17, 15) is 14.7 Å². The van der Waals surface area contributed by atoms with Crippen LogP contribution in [0, 0.1) is 13.8 Å². The van der Waals surface area contributed by atoms with E-state index >= 15 is 0 Å². The van der Waals surface area contributed by atoms with Gasteiger partial charge in [0.2, 0.25) is 0 Å². The van der Waals surface area contributed by atoms with Gasteiger partial charge in [-0.3, -0.25) is 4.79 Å². The number of carboxylic acid groups (broad SMARTS) is 1. The van der Waals surface area contributed by atoms with Gasteiger partial charge in [0, 0.05) is 17.5 Å². The number of Topliss-reactive ketones (excluding diaryl/α,β-unsaturated/α-hetero) is 1. The van der Waals surface area contributed by atoms with Crippen LogP contribution >= 0.6 is 0 Å². The van der Waals surface area contributed by atoms with Crippen molar-refractivity contribution in [2.24, 2.45) is 0 Å². The lowest BCUT2D eigenvalue weighted by Crippen LogP contribution is -2.38. The standard InChI is InChI=1S/C21H22O4/c1-12-5-6-13(2)15(9-12)17-10-14-7-8-18(22)16(14)11-19(17)25-21(3,4)20(23)24/h5-6,9-11H,7-8H2,1-4H3,(H,23,24). The Morgan fingerprint density at radius 1 is 1.04 bits per heavy atom. The van der Waals surface area contributed by atoms with E-state index in [1.54, 1.807) is 6.07 Å². The molecule has 1 N–H and O–H groups in total. The Kier molecular flexibility index (Phi) is 4.15. The number of benzene rings is 2. The van der Waals surface area contributed by atoms with Crippen LogP contribution in [0.2, 0.25) is 0 Å². The number of carbonyl (C=O) groups excluding carboxylic acids is 1. The lowest BCUT2D eigenvalue weighted by molar-refractivity contribution is -0.152. The van der Waals surface area contributed by atoms with Gasteiger partial charge in [0.25, 0.3) is 0 Å². The van der Waals surface area contributed by atoms with E-state index in [-0.39, 0.29) is 5.78 Å². The number of fused-ring (bicyclic) bond motifs is 1. The van der Waals surface area contributed by atoms with E-state index < -0.39 is 11.6 Å². The van der Waals surface area contributed by atoms with Gasteiger partial charge in [-0.25, -0.2) is 4.79 Å². The molecule has 0 amide bonds. The molecular formula is C21H22O4. The van der Waals surface area contributed by atoms with Gasteiger partial charge >= 0.3 is 5.97 Å². The van der Waals surface area contributed by atoms with Crippen LogP contribution in [0.5, 0.6) is 5.75 Å². The van der Waals surface area contributed by atoms with E-state index in [1.807, 2.05) is 32.0 Å². The molecule has 0 heterocycles. The molecule has 0 saturated heterocycles. The highest BCUT2D eigenvalue weighted by Crippen LogP contribution is 2.39. The van der Waals surface area contributed by atoms with Crippen LogP contribution in [-0.4, -0.2) is 22.5 Å². The molecule has 25 heavy (non-hydrogen) atoms. The fraction of sp³-hybridized carbons (Fsp3) is 0.333. The molecule has 2 aromatic carbocycles. The molecule has 0 saturated carbocycles. The van der Waals surface area contributed by atoms with Crippen molar-refractivity contribution >= 4 is 11.8 Å². The summed E-state index contributed by atoms with van der Waals surface area (Å²) in [7, 11) is 0. The second-order valence-electron chi connectivity index (χ2n) is 7.16. The van der Waals surface area contributed by atoms with Gasteiger partial charge in [-0.15, -0.1) is 0 Å². The first-order valence-corrected chi connectivity index (χ1v) is 8.39. The smallest absolute Gasteiger partial charge is 0.347 e. The van der Waals surface area contributed by atoms with Crippen LogP contribution in [0.3, 0.4) is 0 Å². The molecule has 1 aliphatic rings. The number of rotatable bonds is 4. The molecule has 0 aromatic heterocycles. The number of ketones is 1. The summed E-state index contributed by atoms with van der Waals surface area (Å²) in [5, 5.41) is 9.42. The van der Waals surface area contributed by atoms with Crippen molar-refractivity contribution in [3.8, 4) is 16.9 Å². The normalized spacial score (nSPS) is 13.7. The highest BCUT2D eigenvalue weighted by atomic mass is 16.5. The quantitative estimate of drug-likeness (QED) is 0.900. The summed E-state index contributed by atoms with van der Waals surface area (Å²) in [6.45, 7) is 7.05. The summed E-state index contributed by atoms with van der Waals surface area (Å²) < 4.78 is 5.87. The molecule has 0 fully saturated rings. The molecular weight excluding hydrogens is 316 g/mol. The number of hydrogen-bond donors (Lipinski definition) is 1. The predicted molar refractivity (Wildman–Crippen MR) is 96.3 cm³/mol. The SMILES string of the molecule is Cc1ccc(C)c(-c2cc3c(cc2OC(C)(C)C(=O)O)C(=O)CC3)c1. The van der Waals surface area contributed by atoms with Crippen molar-refractivity contribution in [3.05, 3.63) is 52.6 Å². The van der Waals surface area contributed by atoms with Crippen LogP contribution in [0.25, 0.3) is 11.1 Å². The monoisotopic (exact) mass is 338 g/mol. The summed E-state index contributed by atoms with van der Waals surface area (Å²) in [5.41, 5.74) is 4.28. The van der Waals surface area contributed by atoms with Crippen molar-refractivity contribution < 1.29 is 19.4 Å². The minimum Gasteiger partial charge on any atom is -0.478 e. The molecule has 0 bridgehead atoms. The summed E-state index contributed by atoms with van der Waals surface area (Å²) in [5.74, 6) is -0.526. The molecule has 3 rings (SSSR count). The third-order valence-corrected chi connectivity index (χ3v) is 4.69. The van der Waals surface area contributed by atoms with Crippen LogP contribution in [0.4, 0.5) is 0 Å². The van der Waals surface area contributed by atoms with Crippen molar-refractivity contribution in [2.45, 2.75) is 46.1 Å². The zero-order valence-corrected chi connectivity index (χ0v) is 15.0. The van der Waals surface area contributed by atoms with E-state index in [0.29, 0.717) is 24.2 Å². The van der Waals surface area contributed by atoms with Gasteiger partial charge in [-0.2, -0.15) is 0 Å². The molecule has 0 aliphatic heterocycles. The number of hydrogen-bond acceptors (Lipinski definition) is 3. The van der Waals surface area contributed by atoms with Gasteiger partial charge in [0.05, 0.1) is 0 Å². The average Bonchev–Trinajstić information content (AvgIpc) is 2.89. The Labute approximate surface area is 147 Å². The van der Waals surface area contributed by atoms with Crippen molar-refractivity contribution in [2.75, 3.05) is 0 Å². The molecule has 4 heteroatoms. The molecule has 2 aromatic rings. The average molecular weight is 338 g/mol. The van der Waals surface area contributed by atoms with Crippen LogP contribution in [-0.2, 0) is 11.2 Å².